The summed E-state index contributed by atoms with van der Waals surface area (Å²) in [7, 11) is 1.96. The summed E-state index contributed by atoms with van der Waals surface area (Å²) in [4.78, 5) is 0. The van der Waals surface area contributed by atoms with E-state index in [1.165, 1.54) is 0 Å². The Kier molecular flexibility index (Phi) is 3.73. The average Bonchev–Trinajstić information content (AvgIpc) is 2.52. The molecule has 4 nitrogen and oxygen atoms in total. The lowest BCUT2D eigenvalue weighted by molar-refractivity contribution is 0.647. The third-order valence-electron chi connectivity index (χ3n) is 1.86. The van der Waals surface area contributed by atoms with Gasteiger partial charge >= 0.3 is 0 Å². The van der Waals surface area contributed by atoms with Crippen LogP contribution in [0.4, 0.5) is 0 Å². The topological polar surface area (TPSA) is 42.7 Å². The Labute approximate surface area is 73.0 Å². The van der Waals surface area contributed by atoms with E-state index in [2.05, 4.69) is 27.0 Å². The van der Waals surface area contributed by atoms with Crippen LogP contribution < -0.4 is 5.32 Å². The highest BCUT2D eigenvalue weighted by Gasteiger charge is 2.00. The molecule has 0 spiro atoms. The molecule has 0 aliphatic carbocycles. The summed E-state index contributed by atoms with van der Waals surface area (Å²) in [6, 6.07) is 0. The number of nitrogens with one attached hydrogen (secondary N) is 1. The average molecular weight is 168 g/mol. The molecule has 1 aromatic rings. The molecule has 1 aromatic heterocycles. The molecule has 0 aliphatic rings. The highest BCUT2D eigenvalue weighted by Crippen LogP contribution is 1.98. The number of rotatable bonds is 5. The molecular weight excluding hydrogens is 152 g/mol. The quantitative estimate of drug-likeness (QED) is 0.649. The lowest BCUT2D eigenvalue weighted by Crippen LogP contribution is -2.10. The molecule has 1 N–H and O–H groups in total. The van der Waals surface area contributed by atoms with Gasteiger partial charge in [-0.1, -0.05) is 0 Å². The van der Waals surface area contributed by atoms with Crippen molar-refractivity contribution in [2.24, 2.45) is 0 Å². The van der Waals surface area contributed by atoms with Gasteiger partial charge in [0.25, 0.3) is 0 Å². The van der Waals surface area contributed by atoms with Crippen LogP contribution in [-0.2, 0) is 13.0 Å². The Morgan fingerprint density at radius 3 is 3.08 bits per heavy atom. The highest BCUT2D eigenvalue weighted by molar-refractivity contribution is 4.85. The molecular formula is C8H16N4. The van der Waals surface area contributed by atoms with Crippen LogP contribution in [0.2, 0.25) is 0 Å². The number of aromatic nitrogens is 3. The zero-order valence-electron chi connectivity index (χ0n) is 7.75. The van der Waals surface area contributed by atoms with Crippen molar-refractivity contribution in [1.82, 2.24) is 20.1 Å². The fourth-order valence-electron chi connectivity index (χ4n) is 1.16. The maximum Gasteiger partial charge on any atom is 0.132 e. The van der Waals surface area contributed by atoms with Crippen LogP contribution in [0.15, 0.2) is 6.33 Å². The van der Waals surface area contributed by atoms with E-state index in [0.29, 0.717) is 0 Å². The van der Waals surface area contributed by atoms with Crippen molar-refractivity contribution in [2.75, 3.05) is 13.6 Å². The van der Waals surface area contributed by atoms with Gasteiger partial charge < -0.3 is 9.88 Å². The summed E-state index contributed by atoms with van der Waals surface area (Å²) in [6.45, 7) is 4.10. The van der Waals surface area contributed by atoms with Crippen molar-refractivity contribution in [3.05, 3.63) is 12.2 Å². The molecule has 4 heteroatoms. The van der Waals surface area contributed by atoms with E-state index >= 15 is 0 Å². The summed E-state index contributed by atoms with van der Waals surface area (Å²) < 4.78 is 2.08. The normalized spacial score (nSPS) is 10.5. The van der Waals surface area contributed by atoms with Crippen LogP contribution in [0.25, 0.3) is 0 Å². The van der Waals surface area contributed by atoms with Gasteiger partial charge in [-0.3, -0.25) is 0 Å². The Bertz CT molecular complexity index is 219. The summed E-state index contributed by atoms with van der Waals surface area (Å²) in [6.07, 6.45) is 3.92. The second kappa shape index (κ2) is 4.87. The third kappa shape index (κ3) is 2.30. The van der Waals surface area contributed by atoms with E-state index in [-0.39, 0.29) is 0 Å². The maximum absolute atomic E-state index is 4.04. The molecule has 1 rings (SSSR count). The minimum Gasteiger partial charge on any atom is -0.320 e. The van der Waals surface area contributed by atoms with E-state index in [1.807, 2.05) is 7.05 Å². The number of hydrogen-bond donors (Lipinski definition) is 1. The van der Waals surface area contributed by atoms with Crippen LogP contribution in [-0.4, -0.2) is 28.4 Å². The van der Waals surface area contributed by atoms with Crippen molar-refractivity contribution in [1.29, 1.82) is 0 Å². The predicted molar refractivity (Wildman–Crippen MR) is 47.9 cm³/mol. The first-order valence-corrected chi connectivity index (χ1v) is 4.39. The van der Waals surface area contributed by atoms with Gasteiger partial charge in [0, 0.05) is 13.0 Å². The van der Waals surface area contributed by atoms with E-state index in [1.54, 1.807) is 6.33 Å². The van der Waals surface area contributed by atoms with E-state index in [0.717, 1.165) is 31.8 Å². The van der Waals surface area contributed by atoms with Crippen molar-refractivity contribution in [2.45, 2.75) is 26.3 Å². The SMILES string of the molecule is CCn1cnnc1CCCNC. The monoisotopic (exact) mass is 168 g/mol. The van der Waals surface area contributed by atoms with Gasteiger partial charge in [-0.25, -0.2) is 0 Å². The Morgan fingerprint density at radius 1 is 1.58 bits per heavy atom. The predicted octanol–water partition coefficient (Wildman–Crippen LogP) is 0.450. The van der Waals surface area contributed by atoms with Crippen molar-refractivity contribution in [3.63, 3.8) is 0 Å². The van der Waals surface area contributed by atoms with Crippen LogP contribution in [0.1, 0.15) is 19.2 Å². The fraction of sp³-hybridized carbons (Fsp3) is 0.750. The van der Waals surface area contributed by atoms with Gasteiger partial charge in [0.15, 0.2) is 0 Å². The van der Waals surface area contributed by atoms with E-state index in [9.17, 15) is 0 Å². The number of aryl methyl sites for hydroxylation is 2. The number of hydrogen-bond acceptors (Lipinski definition) is 3. The first kappa shape index (κ1) is 9.19. The highest BCUT2D eigenvalue weighted by atomic mass is 15.3. The standard InChI is InChI=1S/C8H16N4/c1-3-12-7-10-11-8(12)5-4-6-9-2/h7,9H,3-6H2,1-2H3. The largest absolute Gasteiger partial charge is 0.320 e. The number of nitrogens with zero attached hydrogens (tertiary/aromatic N) is 3. The van der Waals surface area contributed by atoms with Crippen LogP contribution in [0, 0.1) is 0 Å². The summed E-state index contributed by atoms with van der Waals surface area (Å²) in [5.41, 5.74) is 0. The third-order valence-corrected chi connectivity index (χ3v) is 1.86. The van der Waals surface area contributed by atoms with Crippen LogP contribution in [0.5, 0.6) is 0 Å². The van der Waals surface area contributed by atoms with E-state index in [4.69, 9.17) is 0 Å². The fourth-order valence-corrected chi connectivity index (χ4v) is 1.16. The minimum absolute atomic E-state index is 0.960. The smallest absolute Gasteiger partial charge is 0.132 e. The molecule has 0 saturated carbocycles. The van der Waals surface area contributed by atoms with Crippen molar-refractivity contribution in [3.8, 4) is 0 Å². The summed E-state index contributed by atoms with van der Waals surface area (Å²) in [5, 5.41) is 11.0. The molecule has 0 bridgehead atoms. The van der Waals surface area contributed by atoms with Crippen LogP contribution >= 0.6 is 0 Å². The lowest BCUT2D eigenvalue weighted by atomic mass is 10.3. The molecule has 68 valence electrons. The second-order valence-corrected chi connectivity index (χ2v) is 2.74. The molecule has 0 radical (unpaired) electrons. The van der Waals surface area contributed by atoms with Gasteiger partial charge in [-0.05, 0) is 26.9 Å². The molecule has 0 aromatic carbocycles. The summed E-state index contributed by atoms with van der Waals surface area (Å²) in [5.74, 6) is 1.09. The van der Waals surface area contributed by atoms with Gasteiger partial charge in [0.2, 0.25) is 0 Å². The first-order chi connectivity index (χ1) is 5.88. The molecule has 0 unspecified atom stereocenters. The van der Waals surface area contributed by atoms with Gasteiger partial charge in [-0.2, -0.15) is 0 Å². The van der Waals surface area contributed by atoms with Gasteiger partial charge in [0.05, 0.1) is 0 Å². The zero-order valence-corrected chi connectivity index (χ0v) is 7.75. The van der Waals surface area contributed by atoms with Gasteiger partial charge in [-0.15, -0.1) is 10.2 Å². The van der Waals surface area contributed by atoms with Crippen molar-refractivity contribution >= 4 is 0 Å². The molecule has 0 atom stereocenters. The molecule has 1 heterocycles. The Morgan fingerprint density at radius 2 is 2.42 bits per heavy atom. The van der Waals surface area contributed by atoms with Crippen LogP contribution in [0.3, 0.4) is 0 Å². The first-order valence-electron chi connectivity index (χ1n) is 4.39. The zero-order chi connectivity index (χ0) is 8.81. The Hall–Kier alpha value is -0.900. The molecule has 12 heavy (non-hydrogen) atoms. The Balaban J connectivity index is 2.39. The molecule has 0 saturated heterocycles. The minimum atomic E-state index is 0.960. The van der Waals surface area contributed by atoms with Crippen molar-refractivity contribution < 1.29 is 0 Å². The molecule has 0 amide bonds. The summed E-state index contributed by atoms with van der Waals surface area (Å²) >= 11 is 0. The molecule has 0 fully saturated rings. The molecule has 0 aliphatic heterocycles. The van der Waals surface area contributed by atoms with E-state index < -0.39 is 0 Å². The van der Waals surface area contributed by atoms with Gasteiger partial charge in [0.1, 0.15) is 12.2 Å². The second-order valence-electron chi connectivity index (χ2n) is 2.74. The lowest BCUT2D eigenvalue weighted by Gasteiger charge is -2.01. The maximum atomic E-state index is 4.04.